The van der Waals surface area contributed by atoms with Gasteiger partial charge in [0.05, 0.1) is 12.2 Å². The van der Waals surface area contributed by atoms with Crippen molar-refractivity contribution in [1.82, 2.24) is 29.4 Å². The van der Waals surface area contributed by atoms with Crippen LogP contribution in [0.5, 0.6) is 0 Å². The van der Waals surface area contributed by atoms with Crippen LogP contribution in [-0.4, -0.2) is 64.6 Å². The number of rotatable bonds is 6. The van der Waals surface area contributed by atoms with Crippen LogP contribution in [0.15, 0.2) is 28.5 Å². The Balaban J connectivity index is 1.47. The number of thiophene rings is 1. The number of aromatic nitrogens is 4. The standard InChI is InChI=1S/C21H27N7O3S2/c1-14-11-15(2)28(25-14)20-12-19(23-16(3)24-20)26-7-9-27(10-8-26)33(30,31)21-6-5-18(32-21)13-22-17(4)29/h5-6,11-12H,7-10,13H2,1-4H3,(H,22,29). The van der Waals surface area contributed by atoms with Gasteiger partial charge < -0.3 is 10.2 Å². The van der Waals surface area contributed by atoms with E-state index < -0.39 is 10.0 Å². The number of sulfonamides is 1. The predicted octanol–water partition coefficient (Wildman–Crippen LogP) is 1.80. The molecule has 0 spiro atoms. The van der Waals surface area contributed by atoms with Crippen molar-refractivity contribution in [2.75, 3.05) is 31.1 Å². The van der Waals surface area contributed by atoms with Gasteiger partial charge in [0.25, 0.3) is 10.0 Å². The molecule has 33 heavy (non-hydrogen) atoms. The number of nitrogens with zero attached hydrogens (tertiary/aromatic N) is 6. The number of hydrogen-bond donors (Lipinski definition) is 1. The molecule has 1 aliphatic heterocycles. The zero-order chi connectivity index (χ0) is 23.8. The number of aryl methyl sites for hydroxylation is 3. The molecular formula is C21H27N7O3S2. The first-order chi connectivity index (χ1) is 15.6. The van der Waals surface area contributed by atoms with E-state index in [0.29, 0.717) is 48.6 Å². The average molecular weight is 490 g/mol. The molecule has 1 aliphatic rings. The monoisotopic (exact) mass is 489 g/mol. The van der Waals surface area contributed by atoms with Gasteiger partial charge >= 0.3 is 0 Å². The lowest BCUT2D eigenvalue weighted by molar-refractivity contribution is -0.119. The molecule has 1 fully saturated rings. The van der Waals surface area contributed by atoms with Crippen molar-refractivity contribution in [3.05, 3.63) is 46.4 Å². The predicted molar refractivity (Wildman–Crippen MR) is 126 cm³/mol. The molecule has 0 aliphatic carbocycles. The molecule has 10 nitrogen and oxygen atoms in total. The summed E-state index contributed by atoms with van der Waals surface area (Å²) in [5.41, 5.74) is 1.90. The van der Waals surface area contributed by atoms with Crippen LogP contribution in [0, 0.1) is 20.8 Å². The summed E-state index contributed by atoms with van der Waals surface area (Å²) >= 11 is 1.19. The molecule has 0 unspecified atom stereocenters. The number of amides is 1. The number of nitrogens with one attached hydrogen (secondary N) is 1. The van der Waals surface area contributed by atoms with Crippen molar-refractivity contribution in [3.8, 4) is 5.82 Å². The molecule has 0 radical (unpaired) electrons. The summed E-state index contributed by atoms with van der Waals surface area (Å²) in [6.45, 7) is 9.29. The molecule has 176 valence electrons. The minimum Gasteiger partial charge on any atom is -0.354 e. The average Bonchev–Trinajstić information content (AvgIpc) is 3.38. The first-order valence-electron chi connectivity index (χ1n) is 10.6. The van der Waals surface area contributed by atoms with Crippen LogP contribution in [0.1, 0.15) is 29.0 Å². The van der Waals surface area contributed by atoms with E-state index in [1.807, 2.05) is 32.9 Å². The van der Waals surface area contributed by atoms with E-state index in [0.717, 1.165) is 22.1 Å². The summed E-state index contributed by atoms with van der Waals surface area (Å²) in [6, 6.07) is 7.24. The fourth-order valence-corrected chi connectivity index (χ4v) is 6.63. The highest BCUT2D eigenvalue weighted by Crippen LogP contribution is 2.27. The fraction of sp³-hybridized carbons (Fsp3) is 0.429. The first kappa shape index (κ1) is 23.3. The van der Waals surface area contributed by atoms with Crippen LogP contribution >= 0.6 is 11.3 Å². The molecule has 0 aromatic carbocycles. The summed E-state index contributed by atoms with van der Waals surface area (Å²) in [4.78, 5) is 23.1. The number of hydrogen-bond acceptors (Lipinski definition) is 8. The lowest BCUT2D eigenvalue weighted by Gasteiger charge is -2.34. The van der Waals surface area contributed by atoms with Crippen molar-refractivity contribution in [3.63, 3.8) is 0 Å². The van der Waals surface area contributed by atoms with Gasteiger partial charge in [-0.15, -0.1) is 11.3 Å². The second-order valence-corrected chi connectivity index (χ2v) is 11.3. The van der Waals surface area contributed by atoms with E-state index >= 15 is 0 Å². The molecule has 12 heteroatoms. The van der Waals surface area contributed by atoms with Gasteiger partial charge in [0, 0.05) is 49.7 Å². The van der Waals surface area contributed by atoms with Crippen molar-refractivity contribution in [2.45, 2.75) is 38.4 Å². The molecule has 4 heterocycles. The van der Waals surface area contributed by atoms with Crippen molar-refractivity contribution in [1.29, 1.82) is 0 Å². The largest absolute Gasteiger partial charge is 0.354 e. The van der Waals surface area contributed by atoms with Gasteiger partial charge in [0.2, 0.25) is 5.91 Å². The van der Waals surface area contributed by atoms with Gasteiger partial charge in [-0.1, -0.05) is 0 Å². The third-order valence-electron chi connectivity index (χ3n) is 5.34. The van der Waals surface area contributed by atoms with E-state index in [-0.39, 0.29) is 5.91 Å². The van der Waals surface area contributed by atoms with Gasteiger partial charge in [-0.2, -0.15) is 9.40 Å². The van der Waals surface area contributed by atoms with Crippen molar-refractivity contribution >= 4 is 33.1 Å². The minimum atomic E-state index is -3.58. The van der Waals surface area contributed by atoms with E-state index in [1.165, 1.54) is 22.6 Å². The zero-order valence-corrected chi connectivity index (χ0v) is 20.7. The highest BCUT2D eigenvalue weighted by molar-refractivity contribution is 7.91. The lowest BCUT2D eigenvalue weighted by Crippen LogP contribution is -2.48. The summed E-state index contributed by atoms with van der Waals surface area (Å²) in [5, 5.41) is 7.20. The Kier molecular flexibility index (Phi) is 6.50. The number of piperazine rings is 1. The molecule has 1 N–H and O–H groups in total. The van der Waals surface area contributed by atoms with Gasteiger partial charge in [0.15, 0.2) is 5.82 Å². The quantitative estimate of drug-likeness (QED) is 0.562. The summed E-state index contributed by atoms with van der Waals surface area (Å²) in [5.74, 6) is 1.94. The maximum Gasteiger partial charge on any atom is 0.252 e. The van der Waals surface area contributed by atoms with Crippen molar-refractivity contribution < 1.29 is 13.2 Å². The summed E-state index contributed by atoms with van der Waals surface area (Å²) in [6.07, 6.45) is 0. The van der Waals surface area contributed by atoms with Crippen LogP contribution in [0.25, 0.3) is 5.82 Å². The highest BCUT2D eigenvalue weighted by Gasteiger charge is 2.30. The topological polar surface area (TPSA) is 113 Å². The second kappa shape index (κ2) is 9.20. The molecule has 1 amide bonds. The molecule has 3 aromatic rings. The van der Waals surface area contributed by atoms with Crippen LogP contribution < -0.4 is 10.2 Å². The SMILES string of the molecule is CC(=O)NCc1ccc(S(=O)(=O)N2CCN(c3cc(-n4nc(C)cc4C)nc(C)n3)CC2)s1. The highest BCUT2D eigenvalue weighted by atomic mass is 32.2. The number of carbonyl (C=O) groups is 1. The van der Waals surface area contributed by atoms with E-state index in [9.17, 15) is 13.2 Å². The Bertz CT molecular complexity index is 1270. The Labute approximate surface area is 197 Å². The van der Waals surface area contributed by atoms with Gasteiger partial charge in [-0.25, -0.2) is 23.1 Å². The summed E-state index contributed by atoms with van der Waals surface area (Å²) < 4.78 is 29.8. The number of carbonyl (C=O) groups excluding carboxylic acids is 1. The van der Waals surface area contributed by atoms with Gasteiger partial charge in [-0.3, -0.25) is 4.79 Å². The maximum absolute atomic E-state index is 13.1. The first-order valence-corrected chi connectivity index (χ1v) is 12.9. The maximum atomic E-state index is 13.1. The van der Waals surface area contributed by atoms with E-state index in [4.69, 9.17) is 0 Å². The van der Waals surface area contributed by atoms with Crippen LogP contribution in [0.4, 0.5) is 5.82 Å². The van der Waals surface area contributed by atoms with Crippen LogP contribution in [0.3, 0.4) is 0 Å². The van der Waals surface area contributed by atoms with Gasteiger partial charge in [0.1, 0.15) is 15.9 Å². The normalized spacial score (nSPS) is 15.1. The van der Waals surface area contributed by atoms with E-state index in [2.05, 4.69) is 25.3 Å². The van der Waals surface area contributed by atoms with Crippen molar-refractivity contribution in [2.24, 2.45) is 0 Å². The Hall–Kier alpha value is -2.83. The summed E-state index contributed by atoms with van der Waals surface area (Å²) in [7, 11) is -3.58. The van der Waals surface area contributed by atoms with Gasteiger partial charge in [-0.05, 0) is 39.0 Å². The number of anilines is 1. The third kappa shape index (κ3) is 5.07. The minimum absolute atomic E-state index is 0.148. The molecule has 1 saturated heterocycles. The molecule has 0 saturated carbocycles. The third-order valence-corrected chi connectivity index (χ3v) is 8.79. The lowest BCUT2D eigenvalue weighted by atomic mass is 10.3. The Morgan fingerprint density at radius 2 is 1.76 bits per heavy atom. The fourth-order valence-electron chi connectivity index (χ4n) is 3.76. The Morgan fingerprint density at radius 1 is 1.06 bits per heavy atom. The second-order valence-electron chi connectivity index (χ2n) is 7.99. The smallest absolute Gasteiger partial charge is 0.252 e. The molecule has 4 rings (SSSR count). The molecular weight excluding hydrogens is 462 g/mol. The Morgan fingerprint density at radius 3 is 2.39 bits per heavy atom. The zero-order valence-electron chi connectivity index (χ0n) is 19.1. The molecule has 0 atom stereocenters. The van der Waals surface area contributed by atoms with Crippen LogP contribution in [-0.2, 0) is 21.4 Å². The molecule has 0 bridgehead atoms. The van der Waals surface area contributed by atoms with E-state index in [1.54, 1.807) is 16.8 Å². The molecule has 3 aromatic heterocycles. The van der Waals surface area contributed by atoms with Crippen LogP contribution in [0.2, 0.25) is 0 Å².